The number of hydrogen-bond donors (Lipinski definition) is 1. The molecule has 0 atom stereocenters. The van der Waals surface area contributed by atoms with Crippen molar-refractivity contribution in [2.45, 2.75) is 46.0 Å². The summed E-state index contributed by atoms with van der Waals surface area (Å²) < 4.78 is 44.1. The molecule has 0 amide bonds. The van der Waals surface area contributed by atoms with Crippen LogP contribution in [-0.2, 0) is 13.0 Å². The maximum Gasteiger partial charge on any atom is 0.573 e. The normalized spacial score (nSPS) is 12.4. The number of ether oxygens (including phenoxy) is 1. The monoisotopic (exact) mass is 594 g/mol. The summed E-state index contributed by atoms with van der Waals surface area (Å²) in [6.45, 7) is 4.46. The summed E-state index contributed by atoms with van der Waals surface area (Å²) in [6.07, 6.45) is 3.39. The van der Waals surface area contributed by atoms with Gasteiger partial charge in [-0.15, -0.1) is 13.2 Å². The van der Waals surface area contributed by atoms with Gasteiger partial charge in [0.05, 0.1) is 11.3 Å². The van der Waals surface area contributed by atoms with Gasteiger partial charge in [0.25, 0.3) is 0 Å². The molecular formula is C33H30ClF3N2O3. The molecule has 0 saturated heterocycles. The van der Waals surface area contributed by atoms with Crippen molar-refractivity contribution in [3.05, 3.63) is 124 Å². The molecule has 3 aromatic carbocycles. The van der Waals surface area contributed by atoms with Crippen LogP contribution in [0.15, 0.2) is 96.2 Å². The molecule has 1 N–H and O–H groups in total. The van der Waals surface area contributed by atoms with E-state index in [4.69, 9.17) is 16.6 Å². The Morgan fingerprint density at radius 2 is 1.71 bits per heavy atom. The summed E-state index contributed by atoms with van der Waals surface area (Å²) in [5, 5.41) is 9.87. The van der Waals surface area contributed by atoms with Crippen LogP contribution in [0.25, 0.3) is 16.7 Å². The molecule has 0 aliphatic heterocycles. The van der Waals surface area contributed by atoms with Crippen LogP contribution in [0.2, 0.25) is 0 Å². The third kappa shape index (κ3) is 8.13. The highest BCUT2D eigenvalue weighted by atomic mass is 35.5. The van der Waals surface area contributed by atoms with Crippen LogP contribution in [0.1, 0.15) is 59.7 Å². The van der Waals surface area contributed by atoms with E-state index in [-0.39, 0.29) is 11.3 Å². The van der Waals surface area contributed by atoms with Gasteiger partial charge in [0.1, 0.15) is 11.6 Å². The van der Waals surface area contributed by atoms with Crippen LogP contribution in [0.3, 0.4) is 0 Å². The van der Waals surface area contributed by atoms with E-state index in [0.717, 1.165) is 46.6 Å². The lowest BCUT2D eigenvalue weighted by atomic mass is 10.0. The number of alkyl halides is 3. The van der Waals surface area contributed by atoms with Crippen LogP contribution >= 0.6 is 11.6 Å². The number of halogens is 4. The predicted molar refractivity (Wildman–Crippen MR) is 159 cm³/mol. The van der Waals surface area contributed by atoms with Crippen molar-refractivity contribution >= 4 is 23.1 Å². The zero-order chi connectivity index (χ0) is 30.3. The number of benzene rings is 3. The number of aromatic carboxylic acids is 1. The topological polar surface area (TPSA) is 64.4 Å². The number of carboxylic acid groups (broad SMARTS) is 1. The largest absolute Gasteiger partial charge is 0.573 e. The van der Waals surface area contributed by atoms with Crippen molar-refractivity contribution in [2.75, 3.05) is 0 Å². The van der Waals surface area contributed by atoms with Crippen LogP contribution in [0.4, 0.5) is 13.2 Å². The predicted octanol–water partition coefficient (Wildman–Crippen LogP) is 9.11. The summed E-state index contributed by atoms with van der Waals surface area (Å²) >= 11 is 6.63. The number of unbranched alkanes of at least 4 members (excludes halogenated alkanes) is 1. The molecule has 0 unspecified atom stereocenters. The first-order valence-corrected chi connectivity index (χ1v) is 13.8. The minimum Gasteiger partial charge on any atom is -0.478 e. The first-order valence-electron chi connectivity index (χ1n) is 13.4. The number of imidazole rings is 1. The highest BCUT2D eigenvalue weighted by Gasteiger charge is 2.31. The molecule has 1 heterocycles. The first kappa shape index (κ1) is 30.7. The molecule has 0 bridgehead atoms. The van der Waals surface area contributed by atoms with Crippen molar-refractivity contribution in [3.63, 3.8) is 0 Å². The molecule has 0 aliphatic rings. The highest BCUT2D eigenvalue weighted by molar-refractivity contribution is 6.36. The van der Waals surface area contributed by atoms with Crippen molar-refractivity contribution < 1.29 is 27.8 Å². The van der Waals surface area contributed by atoms with E-state index in [0.29, 0.717) is 23.6 Å². The van der Waals surface area contributed by atoms with Crippen LogP contribution in [0, 0.1) is 0 Å². The molecule has 4 aromatic rings. The minimum atomic E-state index is -4.76. The quantitative estimate of drug-likeness (QED) is 0.176. The Balaban J connectivity index is 1.63. The summed E-state index contributed by atoms with van der Waals surface area (Å²) in [4.78, 5) is 16.2. The summed E-state index contributed by atoms with van der Waals surface area (Å²) in [5.41, 5.74) is 4.98. The van der Waals surface area contributed by atoms with Crippen LogP contribution in [0.5, 0.6) is 5.75 Å². The third-order valence-corrected chi connectivity index (χ3v) is 6.92. The van der Waals surface area contributed by atoms with Crippen molar-refractivity contribution in [1.82, 2.24) is 9.55 Å². The number of allylic oxidation sites excluding steroid dienone is 4. The summed E-state index contributed by atoms with van der Waals surface area (Å²) in [5.74, 6) is -0.483. The van der Waals surface area contributed by atoms with Crippen molar-refractivity contribution in [2.24, 2.45) is 0 Å². The Morgan fingerprint density at radius 1 is 1.02 bits per heavy atom. The Hall–Kier alpha value is -4.30. The Kier molecular flexibility index (Phi) is 9.91. The molecule has 5 nitrogen and oxygen atoms in total. The fraction of sp³-hybridized carbons (Fsp3) is 0.212. The molecule has 0 radical (unpaired) electrons. The van der Waals surface area contributed by atoms with Gasteiger partial charge in [0.2, 0.25) is 0 Å². The van der Waals surface area contributed by atoms with Gasteiger partial charge in [-0.05, 0) is 59.9 Å². The van der Waals surface area contributed by atoms with Gasteiger partial charge in [-0.25, -0.2) is 9.78 Å². The molecule has 4 rings (SSSR count). The molecule has 0 fully saturated rings. The van der Waals surface area contributed by atoms with Crippen molar-refractivity contribution in [3.8, 4) is 16.9 Å². The zero-order valence-corrected chi connectivity index (χ0v) is 23.9. The molecule has 1 aromatic heterocycles. The number of nitrogens with zero attached hydrogens (tertiary/aromatic N) is 2. The van der Waals surface area contributed by atoms with Crippen LogP contribution < -0.4 is 4.74 Å². The van der Waals surface area contributed by atoms with E-state index in [1.54, 1.807) is 30.3 Å². The van der Waals surface area contributed by atoms with E-state index < -0.39 is 12.3 Å². The second-order valence-corrected chi connectivity index (χ2v) is 10.1. The molecular weight excluding hydrogens is 565 g/mol. The van der Waals surface area contributed by atoms with Gasteiger partial charge in [0, 0.05) is 29.8 Å². The second kappa shape index (κ2) is 13.6. The second-order valence-electron chi connectivity index (χ2n) is 9.66. The smallest absolute Gasteiger partial charge is 0.478 e. The third-order valence-electron chi connectivity index (χ3n) is 6.56. The molecule has 9 heteroatoms. The first-order chi connectivity index (χ1) is 20.1. The number of carboxylic acids is 1. The Labute approximate surface area is 247 Å². The van der Waals surface area contributed by atoms with Gasteiger partial charge in [-0.2, -0.15) is 0 Å². The molecule has 0 spiro atoms. The molecule has 0 aliphatic carbocycles. The van der Waals surface area contributed by atoms with E-state index in [2.05, 4.69) is 11.7 Å². The van der Waals surface area contributed by atoms with Gasteiger partial charge < -0.3 is 14.4 Å². The molecule has 218 valence electrons. The van der Waals surface area contributed by atoms with Crippen LogP contribution in [-0.4, -0.2) is 27.0 Å². The maximum absolute atomic E-state index is 12.7. The fourth-order valence-electron chi connectivity index (χ4n) is 4.47. The minimum absolute atomic E-state index is 0.213. The standard InChI is InChI=1S/C33H30ClF3N2O3/c1-3-5-9-29(34)28(4-2)30-21-39(20-23-12-16-25(17-13-23)32(40)41)31(38-30)18-22-10-14-24(15-11-22)26-7-6-8-27(19-26)42-33(35,36)37/h4,6-17,19,21H,3,5,18,20H2,1-2H3,(H,40,41)/b28-4+,29-9+. The number of aromatic nitrogens is 2. The molecule has 42 heavy (non-hydrogen) atoms. The van der Waals surface area contributed by atoms with Gasteiger partial charge in [0.15, 0.2) is 0 Å². The number of carbonyl (C=O) groups is 1. The summed E-state index contributed by atoms with van der Waals surface area (Å²) in [6, 6.07) is 20.1. The zero-order valence-electron chi connectivity index (χ0n) is 23.2. The lowest BCUT2D eigenvalue weighted by Gasteiger charge is -2.11. The fourth-order valence-corrected chi connectivity index (χ4v) is 4.79. The lowest BCUT2D eigenvalue weighted by molar-refractivity contribution is -0.274. The lowest BCUT2D eigenvalue weighted by Crippen LogP contribution is -2.17. The SMILES string of the molecule is C/C=C(\C(Cl)=C/CCC)c1cn(Cc2ccc(C(=O)O)cc2)c(Cc2ccc(-c3cccc(OC(F)(F)F)c3)cc2)n1. The van der Waals surface area contributed by atoms with E-state index in [1.165, 1.54) is 18.2 Å². The summed E-state index contributed by atoms with van der Waals surface area (Å²) in [7, 11) is 0. The maximum atomic E-state index is 12.7. The van der Waals surface area contributed by atoms with Gasteiger partial charge in [-0.1, -0.05) is 85.6 Å². The Morgan fingerprint density at radius 3 is 2.33 bits per heavy atom. The van der Waals surface area contributed by atoms with Crippen molar-refractivity contribution in [1.29, 1.82) is 0 Å². The molecule has 0 saturated carbocycles. The number of hydrogen-bond acceptors (Lipinski definition) is 3. The Bertz CT molecular complexity index is 1590. The van der Waals surface area contributed by atoms with Gasteiger partial charge in [-0.3, -0.25) is 0 Å². The average Bonchev–Trinajstić information content (AvgIpc) is 3.33. The highest BCUT2D eigenvalue weighted by Crippen LogP contribution is 2.30. The van der Waals surface area contributed by atoms with E-state index in [1.807, 2.05) is 54.1 Å². The van der Waals surface area contributed by atoms with E-state index in [9.17, 15) is 23.1 Å². The van der Waals surface area contributed by atoms with E-state index >= 15 is 0 Å². The average molecular weight is 595 g/mol. The van der Waals surface area contributed by atoms with Gasteiger partial charge >= 0.3 is 12.3 Å². The number of rotatable bonds is 11.